The van der Waals surface area contributed by atoms with Crippen LogP contribution in [-0.2, 0) is 23.8 Å². The quantitative estimate of drug-likeness (QED) is 0.236. The van der Waals surface area contributed by atoms with Crippen LogP contribution in [0.3, 0.4) is 0 Å². The van der Waals surface area contributed by atoms with Crippen LogP contribution in [0.2, 0.25) is 0 Å². The Hall–Kier alpha value is -1.56. The first-order chi connectivity index (χ1) is 19.5. The number of methoxy groups -OCH3 is 1. The van der Waals surface area contributed by atoms with Crippen molar-refractivity contribution in [3.63, 3.8) is 0 Å². The molecule has 236 valence electrons. The Kier molecular flexibility index (Phi) is 6.70. The van der Waals surface area contributed by atoms with Crippen LogP contribution in [0.5, 0.6) is 0 Å². The number of ether oxygens (including phenoxy) is 3. The molecular formula is C32H48O10. The Bertz CT molecular complexity index is 1190. The lowest BCUT2D eigenvalue weighted by Crippen LogP contribution is -2.84. The molecule has 0 aromatic rings. The first kappa shape index (κ1) is 30.5. The van der Waals surface area contributed by atoms with E-state index in [2.05, 4.69) is 6.58 Å². The van der Waals surface area contributed by atoms with Gasteiger partial charge in [-0.1, -0.05) is 32.9 Å². The van der Waals surface area contributed by atoms with Gasteiger partial charge in [-0.15, -0.1) is 0 Å². The summed E-state index contributed by atoms with van der Waals surface area (Å²) in [4.78, 5) is 27.1. The zero-order chi connectivity index (χ0) is 30.8. The summed E-state index contributed by atoms with van der Waals surface area (Å²) in [6.45, 7) is 11.1. The minimum Gasteiger partial charge on any atom is -0.468 e. The topological polar surface area (TPSA) is 163 Å². The summed E-state index contributed by atoms with van der Waals surface area (Å²) in [6, 6.07) is 0. The molecule has 0 aromatic carbocycles. The molecule has 1 saturated heterocycles. The molecule has 14 atom stereocenters. The largest absolute Gasteiger partial charge is 0.468 e. The second kappa shape index (κ2) is 9.23. The van der Waals surface area contributed by atoms with Gasteiger partial charge in [0.15, 0.2) is 6.29 Å². The molecule has 5 N–H and O–H groups in total. The van der Waals surface area contributed by atoms with Gasteiger partial charge in [-0.3, -0.25) is 9.59 Å². The van der Waals surface area contributed by atoms with E-state index in [0.29, 0.717) is 19.3 Å². The van der Waals surface area contributed by atoms with E-state index in [4.69, 9.17) is 14.2 Å². The number of hydrogen-bond donors (Lipinski definition) is 5. The smallest absolute Gasteiger partial charge is 0.315 e. The molecule has 2 bridgehead atoms. The fraction of sp³-hybridized carbons (Fsp3) is 0.875. The van der Waals surface area contributed by atoms with Crippen LogP contribution >= 0.6 is 0 Å². The Balaban J connectivity index is 1.64. The fourth-order valence-corrected chi connectivity index (χ4v) is 12.1. The summed E-state index contributed by atoms with van der Waals surface area (Å²) in [5, 5.41) is 59.4. The van der Waals surface area contributed by atoms with E-state index in [9.17, 15) is 35.1 Å². The van der Waals surface area contributed by atoms with E-state index in [1.807, 2.05) is 13.8 Å². The van der Waals surface area contributed by atoms with Crippen LogP contribution in [0.15, 0.2) is 12.2 Å². The van der Waals surface area contributed by atoms with Crippen LogP contribution in [0, 0.1) is 44.8 Å². The summed E-state index contributed by atoms with van der Waals surface area (Å²) in [6.07, 6.45) is -3.03. The molecule has 6 rings (SSSR count). The fourth-order valence-electron chi connectivity index (χ4n) is 12.1. The molecule has 10 heteroatoms. The van der Waals surface area contributed by atoms with Crippen molar-refractivity contribution in [1.29, 1.82) is 0 Å². The number of hydrogen-bond acceptors (Lipinski definition) is 10. The Morgan fingerprint density at radius 1 is 1.02 bits per heavy atom. The second-order valence-corrected chi connectivity index (χ2v) is 15.2. The number of carbonyl (C=O) groups is 2. The van der Waals surface area contributed by atoms with Crippen molar-refractivity contribution in [1.82, 2.24) is 0 Å². The summed E-state index contributed by atoms with van der Waals surface area (Å²) in [5.74, 6) is -3.20. The number of carbonyl (C=O) groups excluding carboxylic acids is 2. The van der Waals surface area contributed by atoms with Crippen molar-refractivity contribution in [3.8, 4) is 0 Å². The number of aliphatic hydroxyl groups excluding tert-OH is 4. The van der Waals surface area contributed by atoms with Gasteiger partial charge in [0.1, 0.15) is 11.5 Å². The van der Waals surface area contributed by atoms with Gasteiger partial charge >= 0.3 is 11.9 Å². The Labute approximate surface area is 247 Å². The predicted molar refractivity (Wildman–Crippen MR) is 148 cm³/mol. The number of esters is 2. The zero-order valence-electron chi connectivity index (χ0n) is 25.5. The van der Waals surface area contributed by atoms with Gasteiger partial charge in [0.05, 0.1) is 37.6 Å². The lowest BCUT2D eigenvalue weighted by atomic mass is 9.27. The lowest BCUT2D eigenvalue weighted by Gasteiger charge is -2.78. The van der Waals surface area contributed by atoms with Crippen LogP contribution in [0.1, 0.15) is 79.1 Å². The van der Waals surface area contributed by atoms with Crippen LogP contribution in [0.25, 0.3) is 0 Å². The van der Waals surface area contributed by atoms with Crippen molar-refractivity contribution in [2.24, 2.45) is 44.8 Å². The van der Waals surface area contributed by atoms with Crippen molar-refractivity contribution in [2.75, 3.05) is 13.7 Å². The third kappa shape index (κ3) is 3.17. The number of rotatable bonds is 2. The van der Waals surface area contributed by atoms with Gasteiger partial charge in [0, 0.05) is 23.7 Å². The second-order valence-electron chi connectivity index (χ2n) is 15.2. The number of fused-ring (bicyclic) bond motifs is 4. The molecule has 6 fully saturated rings. The minimum atomic E-state index is -1.55. The van der Waals surface area contributed by atoms with Gasteiger partial charge in [0.25, 0.3) is 0 Å². The lowest BCUT2D eigenvalue weighted by molar-refractivity contribution is -0.418. The van der Waals surface area contributed by atoms with Gasteiger partial charge < -0.3 is 39.7 Å². The average molecular weight is 593 g/mol. The highest BCUT2D eigenvalue weighted by atomic mass is 16.6. The maximum atomic E-state index is 14.4. The van der Waals surface area contributed by atoms with Gasteiger partial charge in [-0.25, -0.2) is 0 Å². The maximum Gasteiger partial charge on any atom is 0.315 e. The standard InChI is InChI=1S/C32H48O10/c1-16-7-8-27(4)9-10-28(5)23-22(42-18(3)33)24(36)30-15-41-25(37)29(23,20(30)13-19(34)21(35)17(30)2)11-12-31(28,26(38)40-6)32(27,39)14-16/h17,19-25,34-37,39H,1,7-15H2,2-6H3. The highest BCUT2D eigenvalue weighted by Gasteiger charge is 2.85. The molecule has 0 radical (unpaired) electrons. The molecule has 5 aliphatic carbocycles. The molecule has 1 aliphatic heterocycles. The molecule has 0 amide bonds. The highest BCUT2D eigenvalue weighted by Crippen LogP contribution is 2.81. The normalized spacial score (nSPS) is 56.7. The van der Waals surface area contributed by atoms with Crippen molar-refractivity contribution >= 4 is 11.9 Å². The molecule has 0 aromatic heterocycles. The first-order valence-electron chi connectivity index (χ1n) is 15.5. The molecule has 6 aliphatic rings. The van der Waals surface area contributed by atoms with Crippen LogP contribution in [0.4, 0.5) is 0 Å². The number of aliphatic hydroxyl groups is 5. The third-order valence-electron chi connectivity index (χ3n) is 14.1. The molecule has 1 spiro atoms. The summed E-state index contributed by atoms with van der Waals surface area (Å²) in [5.41, 5.74) is -6.22. The van der Waals surface area contributed by atoms with E-state index in [1.165, 1.54) is 14.0 Å². The highest BCUT2D eigenvalue weighted by molar-refractivity contribution is 5.81. The van der Waals surface area contributed by atoms with Gasteiger partial charge in [-0.05, 0) is 74.0 Å². The van der Waals surface area contributed by atoms with Gasteiger partial charge in [-0.2, -0.15) is 0 Å². The van der Waals surface area contributed by atoms with Crippen LogP contribution < -0.4 is 0 Å². The predicted octanol–water partition coefficient (Wildman–Crippen LogP) is 1.84. The summed E-state index contributed by atoms with van der Waals surface area (Å²) in [7, 11) is 1.32. The third-order valence-corrected chi connectivity index (χ3v) is 14.1. The summed E-state index contributed by atoms with van der Waals surface area (Å²) < 4.78 is 17.7. The Morgan fingerprint density at radius 2 is 1.71 bits per heavy atom. The summed E-state index contributed by atoms with van der Waals surface area (Å²) >= 11 is 0. The molecule has 42 heavy (non-hydrogen) atoms. The van der Waals surface area contributed by atoms with Crippen molar-refractivity contribution in [2.45, 2.75) is 115 Å². The van der Waals surface area contributed by atoms with E-state index < -0.39 is 93.1 Å². The maximum absolute atomic E-state index is 14.4. The molecule has 10 nitrogen and oxygen atoms in total. The van der Waals surface area contributed by atoms with E-state index in [1.54, 1.807) is 6.92 Å². The van der Waals surface area contributed by atoms with E-state index in [0.717, 1.165) is 12.0 Å². The average Bonchev–Trinajstić information content (AvgIpc) is 2.93. The SMILES string of the molecule is C=C1CCC2(C)CCC3(C)C4C(OC(C)=O)C(O)C56COC(O)C4(CCC3(C(=O)OC)C2(O)C1)C5CC(O)C(O)C6C. The van der Waals surface area contributed by atoms with Crippen molar-refractivity contribution < 1.29 is 49.3 Å². The minimum absolute atomic E-state index is 0.0854. The zero-order valence-corrected chi connectivity index (χ0v) is 25.5. The Morgan fingerprint density at radius 3 is 2.36 bits per heavy atom. The van der Waals surface area contributed by atoms with E-state index >= 15 is 0 Å². The molecular weight excluding hydrogens is 544 g/mol. The molecule has 5 saturated carbocycles. The molecule has 1 heterocycles. The van der Waals surface area contributed by atoms with Crippen molar-refractivity contribution in [3.05, 3.63) is 12.2 Å². The van der Waals surface area contributed by atoms with E-state index in [-0.39, 0.29) is 32.3 Å². The van der Waals surface area contributed by atoms with Gasteiger partial charge in [0.2, 0.25) is 0 Å². The van der Waals surface area contributed by atoms with Crippen LogP contribution in [-0.4, -0.2) is 87.5 Å². The molecule has 14 unspecified atom stereocenters. The first-order valence-corrected chi connectivity index (χ1v) is 15.5. The monoisotopic (exact) mass is 592 g/mol.